The molecule has 4 heteroatoms. The van der Waals surface area contributed by atoms with Crippen LogP contribution < -0.4 is 5.32 Å². The minimum absolute atomic E-state index is 0.00582. The van der Waals surface area contributed by atoms with Crippen LogP contribution in [0.15, 0.2) is 0 Å². The van der Waals surface area contributed by atoms with Crippen LogP contribution in [-0.2, 0) is 4.74 Å². The van der Waals surface area contributed by atoms with Gasteiger partial charge in [-0.05, 0) is 27.3 Å². The highest BCUT2D eigenvalue weighted by atomic mass is 16.5. The second-order valence-electron chi connectivity index (χ2n) is 4.99. The van der Waals surface area contributed by atoms with Gasteiger partial charge in [-0.15, -0.1) is 0 Å². The molecule has 4 nitrogen and oxygen atoms in total. The van der Waals surface area contributed by atoms with Crippen LogP contribution in [0.3, 0.4) is 0 Å². The number of nitrogens with zero attached hydrogens (tertiary/aromatic N) is 1. The van der Waals surface area contributed by atoms with Crippen molar-refractivity contribution in [1.82, 2.24) is 10.2 Å². The Labute approximate surface area is 92.6 Å². The number of morpholine rings is 1. The number of aliphatic hydroxyl groups excluding tert-OH is 1. The third-order valence-electron chi connectivity index (χ3n) is 2.89. The number of rotatable bonds is 5. The van der Waals surface area contributed by atoms with Crippen molar-refractivity contribution in [2.75, 3.05) is 39.9 Å². The second kappa shape index (κ2) is 5.80. The molecule has 1 aliphatic heterocycles. The fourth-order valence-corrected chi connectivity index (χ4v) is 1.75. The molecule has 1 atom stereocenters. The number of likely N-dealkylation sites (N-methyl/N-ethyl adjacent to an activating group) is 1. The van der Waals surface area contributed by atoms with E-state index in [0.717, 1.165) is 32.7 Å². The summed E-state index contributed by atoms with van der Waals surface area (Å²) >= 11 is 0. The highest BCUT2D eigenvalue weighted by Crippen LogP contribution is 2.09. The van der Waals surface area contributed by atoms with Crippen molar-refractivity contribution in [1.29, 1.82) is 0 Å². The number of hydrogen-bond donors (Lipinski definition) is 2. The maximum Gasteiger partial charge on any atom is 0.0826 e. The van der Waals surface area contributed by atoms with Gasteiger partial charge in [0, 0.05) is 31.8 Å². The first kappa shape index (κ1) is 12.9. The Morgan fingerprint density at radius 3 is 2.87 bits per heavy atom. The zero-order valence-corrected chi connectivity index (χ0v) is 10.1. The Morgan fingerprint density at radius 2 is 2.27 bits per heavy atom. The summed E-state index contributed by atoms with van der Waals surface area (Å²) in [5.41, 5.74) is -0.00582. The van der Waals surface area contributed by atoms with E-state index in [4.69, 9.17) is 9.84 Å². The summed E-state index contributed by atoms with van der Waals surface area (Å²) in [5.74, 6) is 0. The van der Waals surface area contributed by atoms with Gasteiger partial charge in [0.15, 0.2) is 0 Å². The highest BCUT2D eigenvalue weighted by Gasteiger charge is 2.21. The van der Waals surface area contributed by atoms with Crippen LogP contribution in [0, 0.1) is 0 Å². The molecule has 0 radical (unpaired) electrons. The molecule has 0 saturated carbocycles. The smallest absolute Gasteiger partial charge is 0.0826 e. The maximum absolute atomic E-state index is 8.90. The molecular formula is C11H24N2O2. The van der Waals surface area contributed by atoms with Gasteiger partial charge in [-0.3, -0.25) is 0 Å². The van der Waals surface area contributed by atoms with Crippen LogP contribution in [0.5, 0.6) is 0 Å². The average Bonchev–Trinajstić information content (AvgIpc) is 2.15. The number of nitrogens with one attached hydrogen (secondary N) is 1. The van der Waals surface area contributed by atoms with Gasteiger partial charge in [0.2, 0.25) is 0 Å². The van der Waals surface area contributed by atoms with Crippen LogP contribution in [0.4, 0.5) is 0 Å². The lowest BCUT2D eigenvalue weighted by atomic mass is 10.0. The van der Waals surface area contributed by atoms with Gasteiger partial charge in [-0.25, -0.2) is 0 Å². The van der Waals surface area contributed by atoms with Crippen molar-refractivity contribution in [2.24, 2.45) is 0 Å². The summed E-state index contributed by atoms with van der Waals surface area (Å²) in [4.78, 5) is 2.29. The minimum atomic E-state index is -0.00582. The van der Waals surface area contributed by atoms with E-state index >= 15 is 0 Å². The predicted octanol–water partition coefficient (Wildman–Crippen LogP) is 0.0676. The average molecular weight is 216 g/mol. The van der Waals surface area contributed by atoms with E-state index in [-0.39, 0.29) is 18.2 Å². The van der Waals surface area contributed by atoms with Gasteiger partial charge in [-0.2, -0.15) is 0 Å². The van der Waals surface area contributed by atoms with E-state index in [1.165, 1.54) is 0 Å². The van der Waals surface area contributed by atoms with E-state index < -0.39 is 0 Å². The van der Waals surface area contributed by atoms with E-state index in [9.17, 15) is 0 Å². The number of hydrogen-bond acceptors (Lipinski definition) is 4. The Bertz CT molecular complexity index is 185. The first-order chi connectivity index (χ1) is 7.03. The van der Waals surface area contributed by atoms with Gasteiger partial charge in [0.25, 0.3) is 0 Å². The number of ether oxygens (including phenoxy) is 1. The number of aliphatic hydroxyl groups is 1. The summed E-state index contributed by atoms with van der Waals surface area (Å²) in [7, 11) is 2.12. The lowest BCUT2D eigenvalue weighted by Gasteiger charge is -2.33. The topological polar surface area (TPSA) is 44.7 Å². The summed E-state index contributed by atoms with van der Waals surface area (Å²) < 4.78 is 5.66. The quantitative estimate of drug-likeness (QED) is 0.682. The Balaban J connectivity index is 2.23. The van der Waals surface area contributed by atoms with Crippen molar-refractivity contribution in [2.45, 2.75) is 31.9 Å². The molecule has 0 bridgehead atoms. The first-order valence-electron chi connectivity index (χ1n) is 5.69. The van der Waals surface area contributed by atoms with Crippen LogP contribution in [0.2, 0.25) is 0 Å². The van der Waals surface area contributed by atoms with Crippen LogP contribution in [-0.4, -0.2) is 61.5 Å². The standard InChI is InChI=1S/C11H24N2O2/c1-11(2,4-6-14)12-8-10-9-13(3)5-7-15-10/h10,12,14H,4-9H2,1-3H3. The molecule has 1 heterocycles. The Morgan fingerprint density at radius 1 is 1.53 bits per heavy atom. The van der Waals surface area contributed by atoms with E-state index in [1.807, 2.05) is 0 Å². The van der Waals surface area contributed by atoms with Crippen molar-refractivity contribution >= 4 is 0 Å². The summed E-state index contributed by atoms with van der Waals surface area (Å²) in [6, 6.07) is 0. The van der Waals surface area contributed by atoms with Crippen molar-refractivity contribution < 1.29 is 9.84 Å². The van der Waals surface area contributed by atoms with Crippen LogP contribution >= 0.6 is 0 Å². The Hall–Kier alpha value is -0.160. The summed E-state index contributed by atoms with van der Waals surface area (Å²) in [6.45, 7) is 8.14. The molecule has 15 heavy (non-hydrogen) atoms. The molecule has 2 N–H and O–H groups in total. The lowest BCUT2D eigenvalue weighted by molar-refractivity contribution is -0.0214. The predicted molar refractivity (Wildman–Crippen MR) is 61.0 cm³/mol. The Kier molecular flexibility index (Phi) is 4.99. The molecule has 1 unspecified atom stereocenters. The van der Waals surface area contributed by atoms with E-state index in [0.29, 0.717) is 0 Å². The van der Waals surface area contributed by atoms with Crippen LogP contribution in [0.1, 0.15) is 20.3 Å². The maximum atomic E-state index is 8.90. The third kappa shape index (κ3) is 4.93. The van der Waals surface area contributed by atoms with Crippen molar-refractivity contribution in [3.63, 3.8) is 0 Å². The molecular weight excluding hydrogens is 192 g/mol. The minimum Gasteiger partial charge on any atom is -0.396 e. The lowest BCUT2D eigenvalue weighted by Crippen LogP contribution is -2.50. The molecule has 90 valence electrons. The molecule has 0 aromatic heterocycles. The normalized spacial score (nSPS) is 24.4. The van der Waals surface area contributed by atoms with Gasteiger partial charge < -0.3 is 20.1 Å². The first-order valence-corrected chi connectivity index (χ1v) is 5.69. The van der Waals surface area contributed by atoms with Gasteiger partial charge >= 0.3 is 0 Å². The second-order valence-corrected chi connectivity index (χ2v) is 4.99. The molecule has 0 amide bonds. The fourth-order valence-electron chi connectivity index (χ4n) is 1.75. The summed E-state index contributed by atoms with van der Waals surface area (Å²) in [5, 5.41) is 12.3. The molecule has 0 aromatic rings. The van der Waals surface area contributed by atoms with Gasteiger partial charge in [-0.1, -0.05) is 0 Å². The van der Waals surface area contributed by atoms with Crippen molar-refractivity contribution in [3.8, 4) is 0 Å². The van der Waals surface area contributed by atoms with E-state index in [1.54, 1.807) is 0 Å². The van der Waals surface area contributed by atoms with Crippen molar-refractivity contribution in [3.05, 3.63) is 0 Å². The zero-order chi connectivity index (χ0) is 11.3. The third-order valence-corrected chi connectivity index (χ3v) is 2.89. The van der Waals surface area contributed by atoms with Crippen LogP contribution in [0.25, 0.3) is 0 Å². The molecule has 0 aromatic carbocycles. The van der Waals surface area contributed by atoms with Gasteiger partial charge in [0.05, 0.1) is 12.7 Å². The largest absolute Gasteiger partial charge is 0.396 e. The monoisotopic (exact) mass is 216 g/mol. The highest BCUT2D eigenvalue weighted by molar-refractivity contribution is 4.80. The molecule has 1 fully saturated rings. The molecule has 0 spiro atoms. The van der Waals surface area contributed by atoms with E-state index in [2.05, 4.69) is 31.1 Å². The fraction of sp³-hybridized carbons (Fsp3) is 1.00. The molecule has 1 aliphatic rings. The zero-order valence-electron chi connectivity index (χ0n) is 10.1. The van der Waals surface area contributed by atoms with Gasteiger partial charge in [0.1, 0.15) is 0 Å². The summed E-state index contributed by atoms with van der Waals surface area (Å²) in [6.07, 6.45) is 1.05. The molecule has 1 saturated heterocycles. The molecule has 1 rings (SSSR count). The molecule has 0 aliphatic carbocycles. The SMILES string of the molecule is CN1CCOC(CNC(C)(C)CCO)C1.